The van der Waals surface area contributed by atoms with E-state index >= 15 is 0 Å². The number of amides is 1. The van der Waals surface area contributed by atoms with E-state index in [4.69, 9.17) is 5.73 Å². The molecule has 0 spiro atoms. The standard InChI is InChI=1S/C15H22N2O2/c1-11(18)14-6-3-7-17(10-14)9-12-4-2-5-13(8-12)15(16)19/h2,4-5,8,11,14,18H,3,6-7,9-10H2,1H3,(H2,16,19). The number of hydrogen-bond acceptors (Lipinski definition) is 3. The monoisotopic (exact) mass is 262 g/mol. The predicted molar refractivity (Wildman–Crippen MR) is 74.6 cm³/mol. The minimum Gasteiger partial charge on any atom is -0.393 e. The molecule has 1 aliphatic heterocycles. The molecule has 1 aliphatic rings. The molecule has 1 aromatic carbocycles. The number of primary amides is 1. The summed E-state index contributed by atoms with van der Waals surface area (Å²) < 4.78 is 0. The highest BCUT2D eigenvalue weighted by Crippen LogP contribution is 2.21. The van der Waals surface area contributed by atoms with Crippen LogP contribution in [0.4, 0.5) is 0 Å². The van der Waals surface area contributed by atoms with Gasteiger partial charge in [0.25, 0.3) is 0 Å². The lowest BCUT2D eigenvalue weighted by Gasteiger charge is -2.34. The van der Waals surface area contributed by atoms with Gasteiger partial charge in [0, 0.05) is 18.7 Å². The molecular weight excluding hydrogens is 240 g/mol. The van der Waals surface area contributed by atoms with Crippen molar-refractivity contribution >= 4 is 5.91 Å². The van der Waals surface area contributed by atoms with Gasteiger partial charge in [0.2, 0.25) is 5.91 Å². The zero-order valence-electron chi connectivity index (χ0n) is 11.4. The largest absolute Gasteiger partial charge is 0.393 e. The van der Waals surface area contributed by atoms with Gasteiger partial charge in [0.1, 0.15) is 0 Å². The van der Waals surface area contributed by atoms with Crippen LogP contribution in [-0.2, 0) is 6.54 Å². The van der Waals surface area contributed by atoms with E-state index in [0.717, 1.165) is 38.0 Å². The van der Waals surface area contributed by atoms with Gasteiger partial charge >= 0.3 is 0 Å². The molecule has 1 aromatic rings. The van der Waals surface area contributed by atoms with Crippen molar-refractivity contribution in [2.75, 3.05) is 13.1 Å². The van der Waals surface area contributed by atoms with E-state index in [2.05, 4.69) is 4.90 Å². The number of nitrogens with two attached hydrogens (primary N) is 1. The average Bonchev–Trinajstić information content (AvgIpc) is 2.39. The van der Waals surface area contributed by atoms with Gasteiger partial charge in [-0.15, -0.1) is 0 Å². The highest BCUT2D eigenvalue weighted by molar-refractivity contribution is 5.92. The molecule has 104 valence electrons. The lowest BCUT2D eigenvalue weighted by molar-refractivity contribution is 0.0599. The molecule has 0 aliphatic carbocycles. The van der Waals surface area contributed by atoms with Crippen LogP contribution in [0.15, 0.2) is 24.3 Å². The minimum absolute atomic E-state index is 0.250. The van der Waals surface area contributed by atoms with Crippen molar-refractivity contribution in [3.05, 3.63) is 35.4 Å². The summed E-state index contributed by atoms with van der Waals surface area (Å²) in [6.07, 6.45) is 1.96. The van der Waals surface area contributed by atoms with Crippen molar-refractivity contribution in [2.45, 2.75) is 32.4 Å². The molecule has 1 amide bonds. The number of carbonyl (C=O) groups is 1. The normalized spacial score (nSPS) is 22.1. The highest BCUT2D eigenvalue weighted by Gasteiger charge is 2.23. The number of hydrogen-bond donors (Lipinski definition) is 2. The molecule has 4 heteroatoms. The third-order valence-corrected chi connectivity index (χ3v) is 3.84. The summed E-state index contributed by atoms with van der Waals surface area (Å²) in [7, 11) is 0. The van der Waals surface area contributed by atoms with Crippen LogP contribution in [0.1, 0.15) is 35.7 Å². The molecule has 2 atom stereocenters. The van der Waals surface area contributed by atoms with E-state index in [-0.39, 0.29) is 12.0 Å². The third kappa shape index (κ3) is 3.78. The molecule has 1 fully saturated rings. The van der Waals surface area contributed by atoms with Gasteiger partial charge in [-0.2, -0.15) is 0 Å². The van der Waals surface area contributed by atoms with Crippen LogP contribution >= 0.6 is 0 Å². The summed E-state index contributed by atoms with van der Waals surface area (Å²) in [6.45, 7) is 4.63. The van der Waals surface area contributed by atoms with Gasteiger partial charge in [0.15, 0.2) is 0 Å². The third-order valence-electron chi connectivity index (χ3n) is 3.84. The van der Waals surface area contributed by atoms with E-state index in [0.29, 0.717) is 11.5 Å². The van der Waals surface area contributed by atoms with Crippen molar-refractivity contribution in [3.63, 3.8) is 0 Å². The molecule has 1 heterocycles. The minimum atomic E-state index is -0.387. The Kier molecular flexibility index (Phi) is 4.56. The molecule has 0 bridgehead atoms. The second-order valence-electron chi connectivity index (χ2n) is 5.44. The molecule has 4 nitrogen and oxygen atoms in total. The first-order valence-electron chi connectivity index (χ1n) is 6.85. The molecule has 19 heavy (non-hydrogen) atoms. The highest BCUT2D eigenvalue weighted by atomic mass is 16.3. The zero-order valence-corrected chi connectivity index (χ0v) is 11.4. The lowest BCUT2D eigenvalue weighted by atomic mass is 9.93. The van der Waals surface area contributed by atoms with E-state index in [1.165, 1.54) is 0 Å². The van der Waals surface area contributed by atoms with E-state index in [9.17, 15) is 9.90 Å². The maximum Gasteiger partial charge on any atom is 0.248 e. The first-order chi connectivity index (χ1) is 9.06. The number of likely N-dealkylation sites (tertiary alicyclic amines) is 1. The van der Waals surface area contributed by atoms with Gasteiger partial charge in [-0.25, -0.2) is 0 Å². The van der Waals surface area contributed by atoms with Crippen molar-refractivity contribution in [1.29, 1.82) is 0 Å². The van der Waals surface area contributed by atoms with Crippen LogP contribution in [-0.4, -0.2) is 35.1 Å². The van der Waals surface area contributed by atoms with E-state index in [1.807, 2.05) is 25.1 Å². The fourth-order valence-corrected chi connectivity index (χ4v) is 2.71. The summed E-state index contributed by atoms with van der Waals surface area (Å²) in [4.78, 5) is 13.5. The summed E-state index contributed by atoms with van der Waals surface area (Å²) in [6, 6.07) is 7.47. The maximum atomic E-state index is 11.2. The Morgan fingerprint density at radius 2 is 2.37 bits per heavy atom. The number of aliphatic hydroxyl groups excluding tert-OH is 1. The number of benzene rings is 1. The molecule has 0 radical (unpaired) electrons. The summed E-state index contributed by atoms with van der Waals surface area (Å²) in [5.41, 5.74) is 6.95. The Morgan fingerprint density at radius 3 is 3.05 bits per heavy atom. The summed E-state index contributed by atoms with van der Waals surface area (Å²) in [5, 5.41) is 9.69. The molecular formula is C15H22N2O2. The maximum absolute atomic E-state index is 11.2. The van der Waals surface area contributed by atoms with Gasteiger partial charge in [0.05, 0.1) is 6.10 Å². The molecule has 1 saturated heterocycles. The average molecular weight is 262 g/mol. The first kappa shape index (κ1) is 14.0. The van der Waals surface area contributed by atoms with E-state index in [1.54, 1.807) is 6.07 Å². The van der Waals surface area contributed by atoms with E-state index < -0.39 is 0 Å². The van der Waals surface area contributed by atoms with Crippen LogP contribution in [0.2, 0.25) is 0 Å². The molecule has 3 N–H and O–H groups in total. The van der Waals surface area contributed by atoms with Gasteiger partial charge in [-0.1, -0.05) is 12.1 Å². The molecule has 2 unspecified atom stereocenters. The number of aliphatic hydroxyl groups is 1. The number of nitrogens with zero attached hydrogens (tertiary/aromatic N) is 1. The zero-order chi connectivity index (χ0) is 13.8. The predicted octanol–water partition coefficient (Wildman–Crippen LogP) is 1.38. The molecule has 2 rings (SSSR count). The summed E-state index contributed by atoms with van der Waals surface area (Å²) >= 11 is 0. The molecule has 0 saturated carbocycles. The fraction of sp³-hybridized carbons (Fsp3) is 0.533. The topological polar surface area (TPSA) is 66.6 Å². The Labute approximate surface area is 114 Å². The Balaban J connectivity index is 2.00. The van der Waals surface area contributed by atoms with Crippen LogP contribution < -0.4 is 5.73 Å². The van der Waals surface area contributed by atoms with Crippen molar-refractivity contribution in [2.24, 2.45) is 11.7 Å². The SMILES string of the molecule is CC(O)C1CCCN(Cc2cccc(C(N)=O)c2)C1. The van der Waals surface area contributed by atoms with Gasteiger partial charge < -0.3 is 10.8 Å². The first-order valence-corrected chi connectivity index (χ1v) is 6.85. The second kappa shape index (κ2) is 6.17. The number of carbonyl (C=O) groups excluding carboxylic acids is 1. The smallest absolute Gasteiger partial charge is 0.248 e. The van der Waals surface area contributed by atoms with Crippen LogP contribution in [0.3, 0.4) is 0 Å². The van der Waals surface area contributed by atoms with Crippen LogP contribution in [0.5, 0.6) is 0 Å². The Hall–Kier alpha value is -1.39. The fourth-order valence-electron chi connectivity index (χ4n) is 2.71. The van der Waals surface area contributed by atoms with Gasteiger partial charge in [-0.3, -0.25) is 9.69 Å². The van der Waals surface area contributed by atoms with Gasteiger partial charge in [-0.05, 0) is 49.9 Å². The summed E-state index contributed by atoms with van der Waals surface area (Å²) in [5.74, 6) is -0.0320. The quantitative estimate of drug-likeness (QED) is 0.861. The van der Waals surface area contributed by atoms with Crippen molar-refractivity contribution < 1.29 is 9.90 Å². The van der Waals surface area contributed by atoms with Crippen LogP contribution in [0, 0.1) is 5.92 Å². The van der Waals surface area contributed by atoms with Crippen molar-refractivity contribution in [3.8, 4) is 0 Å². The van der Waals surface area contributed by atoms with Crippen LogP contribution in [0.25, 0.3) is 0 Å². The van der Waals surface area contributed by atoms with Crippen molar-refractivity contribution in [1.82, 2.24) is 4.90 Å². The number of piperidine rings is 1. The number of rotatable bonds is 4. The second-order valence-corrected chi connectivity index (χ2v) is 5.44. The lowest BCUT2D eigenvalue weighted by Crippen LogP contribution is -2.39. The Bertz CT molecular complexity index is 446. The Morgan fingerprint density at radius 1 is 1.58 bits per heavy atom. The molecule has 0 aromatic heterocycles.